The lowest BCUT2D eigenvalue weighted by molar-refractivity contribution is 0.0514. The van der Waals surface area contributed by atoms with Gasteiger partial charge in [-0.05, 0) is 35.0 Å². The van der Waals surface area contributed by atoms with Gasteiger partial charge < -0.3 is 4.74 Å². The maximum atomic E-state index is 11.9. The Labute approximate surface area is 128 Å². The van der Waals surface area contributed by atoms with E-state index < -0.39 is 5.97 Å². The second kappa shape index (κ2) is 5.94. The molecular weight excluding hydrogens is 355 g/mol. The van der Waals surface area contributed by atoms with Crippen LogP contribution in [0.5, 0.6) is 0 Å². The molecule has 0 saturated carbocycles. The lowest BCUT2D eigenvalue weighted by Gasteiger charge is -2.10. The van der Waals surface area contributed by atoms with Gasteiger partial charge in [0.2, 0.25) is 0 Å². The number of ether oxygens (including phenoxy) is 1. The fourth-order valence-corrected chi connectivity index (χ4v) is 2.55. The van der Waals surface area contributed by atoms with Gasteiger partial charge in [0.15, 0.2) is 5.69 Å². The zero-order valence-corrected chi connectivity index (χ0v) is 13.0. The van der Waals surface area contributed by atoms with Crippen molar-refractivity contribution in [3.8, 4) is 5.69 Å². The molecule has 19 heavy (non-hydrogen) atoms. The molecule has 0 aliphatic carbocycles. The van der Waals surface area contributed by atoms with Crippen molar-refractivity contribution in [3.05, 3.63) is 44.6 Å². The van der Waals surface area contributed by atoms with E-state index in [1.807, 2.05) is 0 Å². The third kappa shape index (κ3) is 2.78. The first-order valence-electron chi connectivity index (χ1n) is 5.41. The molecule has 0 aliphatic rings. The number of carbonyl (C=O) groups is 1. The molecule has 1 aromatic heterocycles. The van der Waals surface area contributed by atoms with Crippen LogP contribution in [0.15, 0.2) is 28.9 Å². The Morgan fingerprint density at radius 2 is 2.05 bits per heavy atom. The first-order valence-corrected chi connectivity index (χ1v) is 6.96. The van der Waals surface area contributed by atoms with Crippen LogP contribution >= 0.6 is 39.1 Å². The Morgan fingerprint density at radius 3 is 2.63 bits per heavy atom. The number of hydrogen-bond donors (Lipinski definition) is 0. The fourth-order valence-electron chi connectivity index (χ4n) is 1.57. The van der Waals surface area contributed by atoms with Crippen molar-refractivity contribution in [1.82, 2.24) is 9.78 Å². The molecule has 1 heterocycles. The van der Waals surface area contributed by atoms with E-state index in [9.17, 15) is 4.79 Å². The molecule has 4 nitrogen and oxygen atoms in total. The summed E-state index contributed by atoms with van der Waals surface area (Å²) in [5, 5.41) is 4.90. The van der Waals surface area contributed by atoms with E-state index in [0.29, 0.717) is 20.2 Å². The Balaban J connectivity index is 2.61. The Bertz CT molecular complexity index is 608. The van der Waals surface area contributed by atoms with Crippen molar-refractivity contribution < 1.29 is 9.53 Å². The molecule has 0 spiro atoms. The normalized spacial score (nSPS) is 10.5. The summed E-state index contributed by atoms with van der Waals surface area (Å²) >= 11 is 15.5. The molecule has 0 aliphatic heterocycles. The summed E-state index contributed by atoms with van der Waals surface area (Å²) in [6, 6.07) is 5.07. The molecule has 1 aromatic carbocycles. The number of carbonyl (C=O) groups excluding carboxylic acids is 1. The van der Waals surface area contributed by atoms with Gasteiger partial charge in [0.25, 0.3) is 0 Å². The van der Waals surface area contributed by atoms with E-state index in [4.69, 9.17) is 27.9 Å². The van der Waals surface area contributed by atoms with Crippen molar-refractivity contribution in [2.45, 2.75) is 6.92 Å². The molecule has 0 N–H and O–H groups in total. The van der Waals surface area contributed by atoms with Crippen LogP contribution in [0.1, 0.15) is 17.4 Å². The lowest BCUT2D eigenvalue weighted by atomic mass is 10.3. The standard InChI is InChI=1S/C12H9BrCl2N2O2/c1-2-19-12(18)10-7(13)6-16-17(10)11-8(14)4-3-5-9(11)15/h3-6H,2H2,1H3. The number of hydrogen-bond acceptors (Lipinski definition) is 3. The van der Waals surface area contributed by atoms with E-state index in [-0.39, 0.29) is 12.3 Å². The van der Waals surface area contributed by atoms with Gasteiger partial charge in [-0.15, -0.1) is 0 Å². The topological polar surface area (TPSA) is 44.1 Å². The monoisotopic (exact) mass is 362 g/mol. The van der Waals surface area contributed by atoms with E-state index in [2.05, 4.69) is 21.0 Å². The van der Waals surface area contributed by atoms with Crippen LogP contribution in [-0.4, -0.2) is 22.4 Å². The molecule has 0 atom stereocenters. The summed E-state index contributed by atoms with van der Waals surface area (Å²) in [5.74, 6) is -0.497. The molecule has 0 saturated heterocycles. The number of benzene rings is 1. The zero-order valence-electron chi connectivity index (χ0n) is 9.86. The fraction of sp³-hybridized carbons (Fsp3) is 0.167. The van der Waals surface area contributed by atoms with Gasteiger partial charge in [-0.1, -0.05) is 29.3 Å². The van der Waals surface area contributed by atoms with Crippen LogP contribution in [0.3, 0.4) is 0 Å². The van der Waals surface area contributed by atoms with E-state index in [0.717, 1.165) is 0 Å². The summed E-state index contributed by atoms with van der Waals surface area (Å²) in [7, 11) is 0. The summed E-state index contributed by atoms with van der Waals surface area (Å²) in [5.41, 5.74) is 0.691. The van der Waals surface area contributed by atoms with Gasteiger partial charge in [-0.3, -0.25) is 0 Å². The highest BCUT2D eigenvalue weighted by atomic mass is 79.9. The Morgan fingerprint density at radius 1 is 1.42 bits per heavy atom. The van der Waals surface area contributed by atoms with Crippen LogP contribution in [0, 0.1) is 0 Å². The first-order chi connectivity index (χ1) is 9.06. The predicted molar refractivity (Wildman–Crippen MR) is 77.2 cm³/mol. The third-order valence-corrected chi connectivity index (χ3v) is 3.53. The quantitative estimate of drug-likeness (QED) is 0.770. The summed E-state index contributed by atoms with van der Waals surface area (Å²) in [4.78, 5) is 11.9. The van der Waals surface area contributed by atoms with Gasteiger partial charge >= 0.3 is 5.97 Å². The largest absolute Gasteiger partial charge is 0.461 e. The minimum absolute atomic E-state index is 0.247. The molecule has 2 rings (SSSR count). The summed E-state index contributed by atoms with van der Waals surface area (Å²) in [6.45, 7) is 2.00. The van der Waals surface area contributed by atoms with Crippen LogP contribution in [0.25, 0.3) is 5.69 Å². The summed E-state index contributed by atoms with van der Waals surface area (Å²) < 4.78 is 6.88. The Kier molecular flexibility index (Phi) is 4.50. The molecule has 100 valence electrons. The predicted octanol–water partition coefficient (Wildman–Crippen LogP) is 4.12. The second-order valence-electron chi connectivity index (χ2n) is 3.54. The van der Waals surface area contributed by atoms with Crippen molar-refractivity contribution in [2.75, 3.05) is 6.61 Å². The van der Waals surface area contributed by atoms with Crippen LogP contribution in [0.2, 0.25) is 10.0 Å². The molecule has 0 fully saturated rings. The minimum Gasteiger partial charge on any atom is -0.461 e. The number of rotatable bonds is 3. The van der Waals surface area contributed by atoms with Crippen molar-refractivity contribution in [3.63, 3.8) is 0 Å². The van der Waals surface area contributed by atoms with Crippen LogP contribution in [0.4, 0.5) is 0 Å². The minimum atomic E-state index is -0.497. The molecule has 0 unspecified atom stereocenters. The number of halogens is 3. The molecule has 0 amide bonds. The average molecular weight is 364 g/mol. The van der Waals surface area contributed by atoms with Crippen molar-refractivity contribution in [2.24, 2.45) is 0 Å². The SMILES string of the molecule is CCOC(=O)c1c(Br)cnn1-c1c(Cl)cccc1Cl. The highest BCUT2D eigenvalue weighted by Crippen LogP contribution is 2.31. The number of esters is 1. The third-order valence-electron chi connectivity index (χ3n) is 2.34. The lowest BCUT2D eigenvalue weighted by Crippen LogP contribution is -2.13. The van der Waals surface area contributed by atoms with Gasteiger partial charge in [0.1, 0.15) is 5.69 Å². The van der Waals surface area contributed by atoms with E-state index in [1.54, 1.807) is 25.1 Å². The van der Waals surface area contributed by atoms with E-state index in [1.165, 1.54) is 10.9 Å². The highest BCUT2D eigenvalue weighted by molar-refractivity contribution is 9.10. The van der Waals surface area contributed by atoms with Crippen LogP contribution in [-0.2, 0) is 4.74 Å². The molecule has 7 heteroatoms. The van der Waals surface area contributed by atoms with Gasteiger partial charge in [-0.2, -0.15) is 5.10 Å². The maximum absolute atomic E-state index is 11.9. The molecule has 2 aromatic rings. The van der Waals surface area contributed by atoms with Gasteiger partial charge in [0, 0.05) is 0 Å². The molecular formula is C12H9BrCl2N2O2. The average Bonchev–Trinajstić information content (AvgIpc) is 2.71. The van der Waals surface area contributed by atoms with Gasteiger partial charge in [-0.25, -0.2) is 9.48 Å². The highest BCUT2D eigenvalue weighted by Gasteiger charge is 2.22. The van der Waals surface area contributed by atoms with Gasteiger partial charge in [0.05, 0.1) is 27.3 Å². The van der Waals surface area contributed by atoms with E-state index >= 15 is 0 Å². The molecule has 0 bridgehead atoms. The smallest absolute Gasteiger partial charge is 0.358 e. The summed E-state index contributed by atoms with van der Waals surface area (Å²) in [6.07, 6.45) is 1.49. The van der Waals surface area contributed by atoms with Crippen LogP contribution < -0.4 is 0 Å². The zero-order chi connectivity index (χ0) is 14.0. The van der Waals surface area contributed by atoms with Crippen molar-refractivity contribution >= 4 is 45.1 Å². The Hall–Kier alpha value is -1.04. The maximum Gasteiger partial charge on any atom is 0.358 e. The number of para-hydroxylation sites is 1. The van der Waals surface area contributed by atoms with Crippen molar-refractivity contribution in [1.29, 1.82) is 0 Å². The molecule has 0 radical (unpaired) electrons. The first kappa shape index (κ1) is 14.4. The number of nitrogens with zero attached hydrogens (tertiary/aromatic N) is 2. The second-order valence-corrected chi connectivity index (χ2v) is 5.21. The number of aromatic nitrogens is 2.